The molecular weight excluding hydrogens is 497 g/mol. The molecular formula is C26H27ClFN7S. The number of pyridine rings is 1. The zero-order valence-corrected chi connectivity index (χ0v) is 21.5. The van der Waals surface area contributed by atoms with Gasteiger partial charge in [-0.2, -0.15) is 0 Å². The number of piperidine rings is 1. The highest BCUT2D eigenvalue weighted by Crippen LogP contribution is 2.51. The number of hydrogen-bond acceptors (Lipinski definition) is 7. The molecule has 3 aromatic heterocycles. The minimum atomic E-state index is -0.635. The smallest absolute Gasteiger partial charge is 0.211 e. The number of benzene rings is 1. The largest absolute Gasteiger partial charge is 0.382 e. The SMILES string of the molecule is Cc1nc(N2CCC3(CC2)Cc2ccccc2[C@H]3N)n2c(CF)cnc2c1Sc1ccnc(N)c1Cl. The summed E-state index contributed by atoms with van der Waals surface area (Å²) < 4.78 is 15.9. The maximum absolute atomic E-state index is 14.1. The zero-order chi connectivity index (χ0) is 25.0. The molecule has 4 N–H and O–H groups in total. The summed E-state index contributed by atoms with van der Waals surface area (Å²) in [4.78, 5) is 17.4. The van der Waals surface area contributed by atoms with Gasteiger partial charge >= 0.3 is 0 Å². The van der Waals surface area contributed by atoms with E-state index in [1.165, 1.54) is 22.9 Å². The van der Waals surface area contributed by atoms with Crippen LogP contribution in [0.3, 0.4) is 0 Å². The van der Waals surface area contributed by atoms with Gasteiger partial charge in [0.15, 0.2) is 5.65 Å². The summed E-state index contributed by atoms with van der Waals surface area (Å²) in [5.41, 5.74) is 17.3. The van der Waals surface area contributed by atoms with Crippen LogP contribution in [0.25, 0.3) is 5.65 Å². The molecule has 0 bridgehead atoms. The first-order chi connectivity index (χ1) is 17.4. The molecule has 4 heterocycles. The number of alkyl halides is 1. The molecule has 1 aliphatic heterocycles. The summed E-state index contributed by atoms with van der Waals surface area (Å²) in [7, 11) is 0. The third kappa shape index (κ3) is 3.64. The number of nitrogens with zero attached hydrogens (tertiary/aromatic N) is 5. The van der Waals surface area contributed by atoms with E-state index in [0.717, 1.165) is 53.8 Å². The van der Waals surface area contributed by atoms with Gasteiger partial charge in [-0.15, -0.1) is 0 Å². The van der Waals surface area contributed by atoms with Gasteiger partial charge in [0.2, 0.25) is 5.95 Å². The van der Waals surface area contributed by atoms with Crippen molar-refractivity contribution in [2.75, 3.05) is 23.7 Å². The standard InChI is InChI=1S/C26H27ClFN7S/c1-15-21(36-19-6-9-31-23(30)20(19)27)24-32-14-17(13-28)35(24)25(33-15)34-10-7-26(8-11-34)12-16-4-2-3-5-18(16)22(26)29/h2-6,9,14,22H,7-8,10-13,29H2,1H3,(H2,30,31)/t22-/m1/s1. The van der Waals surface area contributed by atoms with Crippen LogP contribution in [-0.4, -0.2) is 32.4 Å². The van der Waals surface area contributed by atoms with Gasteiger partial charge in [0.25, 0.3) is 0 Å². The summed E-state index contributed by atoms with van der Waals surface area (Å²) >= 11 is 7.82. The lowest BCUT2D eigenvalue weighted by Gasteiger charge is -2.42. The number of nitrogen functional groups attached to an aromatic ring is 1. The van der Waals surface area contributed by atoms with Gasteiger partial charge in [-0.1, -0.05) is 47.6 Å². The van der Waals surface area contributed by atoms with Crippen LogP contribution < -0.4 is 16.4 Å². The molecule has 7 nitrogen and oxygen atoms in total. The zero-order valence-electron chi connectivity index (χ0n) is 19.9. The normalized spacial score (nSPS) is 18.8. The van der Waals surface area contributed by atoms with E-state index in [1.54, 1.807) is 18.5 Å². The minimum absolute atomic E-state index is 0.0385. The monoisotopic (exact) mass is 523 g/mol. The molecule has 36 heavy (non-hydrogen) atoms. The first-order valence-corrected chi connectivity index (χ1v) is 13.2. The predicted molar refractivity (Wildman–Crippen MR) is 141 cm³/mol. The molecule has 1 aromatic carbocycles. The Morgan fingerprint density at radius 1 is 1.19 bits per heavy atom. The molecule has 186 valence electrons. The molecule has 0 saturated carbocycles. The number of rotatable bonds is 4. The van der Waals surface area contributed by atoms with Gasteiger partial charge in [0.1, 0.15) is 12.5 Å². The second-order valence-electron chi connectivity index (χ2n) is 9.68. The van der Waals surface area contributed by atoms with Crippen LogP contribution in [0.4, 0.5) is 16.2 Å². The molecule has 0 amide bonds. The molecule has 4 aromatic rings. The Morgan fingerprint density at radius 3 is 2.72 bits per heavy atom. The van der Waals surface area contributed by atoms with Crippen molar-refractivity contribution >= 4 is 40.8 Å². The van der Waals surface area contributed by atoms with Crippen LogP contribution in [0.2, 0.25) is 5.02 Å². The number of imidazole rings is 1. The van der Waals surface area contributed by atoms with Crippen molar-refractivity contribution in [2.24, 2.45) is 11.1 Å². The number of anilines is 2. The van der Waals surface area contributed by atoms with Gasteiger partial charge in [0.05, 0.1) is 27.5 Å². The van der Waals surface area contributed by atoms with Gasteiger partial charge in [0, 0.05) is 30.2 Å². The molecule has 1 spiro atoms. The van der Waals surface area contributed by atoms with Gasteiger partial charge < -0.3 is 16.4 Å². The fourth-order valence-electron chi connectivity index (χ4n) is 5.70. The number of aromatic nitrogens is 4. The number of aryl methyl sites for hydroxylation is 1. The first-order valence-electron chi connectivity index (χ1n) is 12.0. The Balaban J connectivity index is 1.34. The Hall–Kier alpha value is -2.88. The number of fused-ring (bicyclic) bond motifs is 2. The molecule has 1 atom stereocenters. The van der Waals surface area contributed by atoms with E-state index in [4.69, 9.17) is 28.1 Å². The molecule has 6 rings (SSSR count). The van der Waals surface area contributed by atoms with Gasteiger partial charge in [-0.3, -0.25) is 4.40 Å². The Morgan fingerprint density at radius 2 is 1.97 bits per heavy atom. The molecule has 1 aliphatic carbocycles. The van der Waals surface area contributed by atoms with Gasteiger partial charge in [-0.05, 0) is 48.8 Å². The highest BCUT2D eigenvalue weighted by atomic mass is 35.5. The highest BCUT2D eigenvalue weighted by molar-refractivity contribution is 7.99. The van der Waals surface area contributed by atoms with Crippen molar-refractivity contribution < 1.29 is 4.39 Å². The Kier molecular flexibility index (Phi) is 5.81. The van der Waals surface area contributed by atoms with E-state index in [9.17, 15) is 4.39 Å². The van der Waals surface area contributed by atoms with Crippen molar-refractivity contribution in [3.05, 3.63) is 70.3 Å². The molecule has 2 aliphatic rings. The second kappa shape index (κ2) is 8.90. The van der Waals surface area contributed by atoms with Crippen LogP contribution >= 0.6 is 23.4 Å². The minimum Gasteiger partial charge on any atom is -0.382 e. The third-order valence-electron chi connectivity index (χ3n) is 7.70. The van der Waals surface area contributed by atoms with Crippen molar-refractivity contribution in [1.82, 2.24) is 19.4 Å². The molecule has 1 saturated heterocycles. The van der Waals surface area contributed by atoms with Gasteiger partial charge in [-0.25, -0.2) is 19.3 Å². The van der Waals surface area contributed by atoms with E-state index in [0.29, 0.717) is 16.4 Å². The van der Waals surface area contributed by atoms with E-state index in [1.807, 2.05) is 11.3 Å². The van der Waals surface area contributed by atoms with Crippen molar-refractivity contribution in [2.45, 2.75) is 48.7 Å². The number of halogens is 2. The summed E-state index contributed by atoms with van der Waals surface area (Å²) in [5, 5.41) is 0.386. The van der Waals surface area contributed by atoms with Crippen LogP contribution in [0.15, 0.2) is 52.5 Å². The van der Waals surface area contributed by atoms with E-state index < -0.39 is 6.67 Å². The van der Waals surface area contributed by atoms with E-state index in [2.05, 4.69) is 39.1 Å². The molecule has 1 fully saturated rings. The topological polar surface area (TPSA) is 98.4 Å². The van der Waals surface area contributed by atoms with Crippen LogP contribution in [-0.2, 0) is 13.1 Å². The second-order valence-corrected chi connectivity index (χ2v) is 11.1. The fourth-order valence-corrected chi connectivity index (χ4v) is 6.90. The molecule has 0 radical (unpaired) electrons. The highest BCUT2D eigenvalue weighted by Gasteiger charge is 2.46. The van der Waals surface area contributed by atoms with Crippen molar-refractivity contribution in [3.8, 4) is 0 Å². The third-order valence-corrected chi connectivity index (χ3v) is 9.45. The lowest BCUT2D eigenvalue weighted by molar-refractivity contribution is 0.186. The maximum Gasteiger partial charge on any atom is 0.211 e. The van der Waals surface area contributed by atoms with Crippen LogP contribution in [0.1, 0.15) is 41.4 Å². The van der Waals surface area contributed by atoms with E-state index in [-0.39, 0.29) is 17.3 Å². The van der Waals surface area contributed by atoms with Crippen LogP contribution in [0.5, 0.6) is 0 Å². The Bertz CT molecular complexity index is 1460. The molecule has 10 heteroatoms. The summed E-state index contributed by atoms with van der Waals surface area (Å²) in [5.74, 6) is 0.985. The van der Waals surface area contributed by atoms with Crippen LogP contribution in [0, 0.1) is 12.3 Å². The lowest BCUT2D eigenvalue weighted by Crippen LogP contribution is -2.45. The number of hydrogen-bond donors (Lipinski definition) is 2. The lowest BCUT2D eigenvalue weighted by atomic mass is 9.73. The Labute approximate surface area is 218 Å². The maximum atomic E-state index is 14.1. The quantitative estimate of drug-likeness (QED) is 0.382. The number of nitrogens with two attached hydrogens (primary N) is 2. The fraction of sp³-hybridized carbons (Fsp3) is 0.346. The summed E-state index contributed by atoms with van der Waals surface area (Å²) in [6.45, 7) is 2.91. The van der Waals surface area contributed by atoms with Crippen molar-refractivity contribution in [1.29, 1.82) is 0 Å². The summed E-state index contributed by atoms with van der Waals surface area (Å²) in [6, 6.07) is 10.4. The van der Waals surface area contributed by atoms with Crippen molar-refractivity contribution in [3.63, 3.8) is 0 Å². The first kappa shape index (κ1) is 23.5. The average molecular weight is 524 g/mol. The molecule has 0 unspecified atom stereocenters. The summed E-state index contributed by atoms with van der Waals surface area (Å²) in [6.07, 6.45) is 6.11. The van der Waals surface area contributed by atoms with E-state index >= 15 is 0 Å². The average Bonchev–Trinajstić information content (AvgIpc) is 3.43. The predicted octanol–water partition coefficient (Wildman–Crippen LogP) is 5.13.